The molecule has 1 aliphatic carbocycles. The van der Waals surface area contributed by atoms with E-state index < -0.39 is 0 Å². The topological polar surface area (TPSA) is 92.2 Å². The summed E-state index contributed by atoms with van der Waals surface area (Å²) in [5.41, 5.74) is 3.36. The molecule has 2 aromatic carbocycles. The number of aromatic amines is 2. The van der Waals surface area contributed by atoms with E-state index in [0.29, 0.717) is 44.4 Å². The van der Waals surface area contributed by atoms with E-state index in [2.05, 4.69) is 20.3 Å². The molecule has 32 heavy (non-hydrogen) atoms. The van der Waals surface area contributed by atoms with E-state index in [9.17, 15) is 4.79 Å². The van der Waals surface area contributed by atoms with Crippen molar-refractivity contribution in [2.75, 3.05) is 0 Å². The van der Waals surface area contributed by atoms with Crippen LogP contribution >= 0.6 is 34.8 Å². The van der Waals surface area contributed by atoms with Gasteiger partial charge in [-0.3, -0.25) is 15.0 Å². The molecule has 0 radical (unpaired) electrons. The molecule has 1 fully saturated rings. The number of fused-ring (bicyclic) bond motifs is 2. The Bertz CT molecular complexity index is 1510. The first-order valence-electron chi connectivity index (χ1n) is 10.1. The second-order valence-corrected chi connectivity index (χ2v) is 9.17. The van der Waals surface area contributed by atoms with E-state index in [0.717, 1.165) is 35.0 Å². The number of halogens is 3. The molecular formula is C22H15Cl3N6O. The van der Waals surface area contributed by atoms with Crippen LogP contribution in [-0.4, -0.2) is 29.9 Å². The third-order valence-corrected chi connectivity index (χ3v) is 6.53. The standard InChI is InChI=1S/C22H15Cl3N6O/c23-12-7-14(24)20(15(25)8-12)31-21-18(19(30-31)10-4-5-10)22(32)28-17(27-21)6-11-2-1-3-16-13(11)9-26-29-16/h1-3,7-10,30H,4-6H2,(H,26,29). The summed E-state index contributed by atoms with van der Waals surface area (Å²) in [5.74, 6) is 1.13. The fraction of sp³-hybridized carbons (Fsp3) is 0.182. The Hall–Kier alpha value is -2.87. The van der Waals surface area contributed by atoms with Gasteiger partial charge >= 0.3 is 0 Å². The van der Waals surface area contributed by atoms with Crippen molar-refractivity contribution in [3.8, 4) is 17.1 Å². The number of nitrogens with one attached hydrogen (secondary N) is 2. The Labute approximate surface area is 196 Å². The maximum Gasteiger partial charge on any atom is 0.284 e. The Kier molecular flexibility index (Phi) is 4.54. The van der Waals surface area contributed by atoms with E-state index in [4.69, 9.17) is 39.8 Å². The Morgan fingerprint density at radius 1 is 1.09 bits per heavy atom. The lowest BCUT2D eigenvalue weighted by Crippen LogP contribution is -2.17. The average molecular weight is 486 g/mol. The van der Waals surface area contributed by atoms with Crippen LogP contribution in [0.15, 0.2) is 41.3 Å². The summed E-state index contributed by atoms with van der Waals surface area (Å²) in [6, 6.07) is 9.08. The molecule has 0 bridgehead atoms. The van der Waals surface area contributed by atoms with Crippen molar-refractivity contribution in [3.05, 3.63) is 79.0 Å². The Morgan fingerprint density at radius 2 is 1.88 bits per heavy atom. The Morgan fingerprint density at radius 3 is 2.62 bits per heavy atom. The van der Waals surface area contributed by atoms with Crippen molar-refractivity contribution >= 4 is 45.7 Å². The van der Waals surface area contributed by atoms with E-state index in [-0.39, 0.29) is 11.5 Å². The molecular weight excluding hydrogens is 471 g/mol. The summed E-state index contributed by atoms with van der Waals surface area (Å²) in [6.45, 7) is 0. The molecule has 10 heteroatoms. The van der Waals surface area contributed by atoms with E-state index in [1.54, 1.807) is 23.0 Å². The minimum Gasteiger partial charge on any atom is -0.295 e. The van der Waals surface area contributed by atoms with Gasteiger partial charge in [0.2, 0.25) is 0 Å². The normalized spacial score (nSPS) is 14.0. The van der Waals surface area contributed by atoms with Crippen molar-refractivity contribution in [2.45, 2.75) is 25.2 Å². The number of nitrogens with zero attached hydrogens (tertiary/aromatic N) is 4. The third-order valence-electron chi connectivity index (χ3n) is 5.73. The van der Waals surface area contributed by atoms with Gasteiger partial charge in [0.15, 0.2) is 5.82 Å². The molecule has 1 aromatic heterocycles. The molecule has 0 spiro atoms. The lowest BCUT2D eigenvalue weighted by Gasteiger charge is -2.11. The van der Waals surface area contributed by atoms with Gasteiger partial charge in [0.05, 0.1) is 27.5 Å². The van der Waals surface area contributed by atoms with Crippen LogP contribution in [-0.2, 0) is 6.42 Å². The largest absolute Gasteiger partial charge is 0.295 e. The molecule has 0 amide bonds. The highest BCUT2D eigenvalue weighted by atomic mass is 35.5. The average Bonchev–Trinajstić information content (AvgIpc) is 3.34. The first-order valence-corrected chi connectivity index (χ1v) is 11.2. The van der Waals surface area contributed by atoms with Gasteiger partial charge in [-0.25, -0.2) is 9.67 Å². The zero-order valence-electron chi connectivity index (χ0n) is 16.5. The summed E-state index contributed by atoms with van der Waals surface area (Å²) in [4.78, 5) is 22.2. The van der Waals surface area contributed by atoms with Gasteiger partial charge in [-0.15, -0.1) is 0 Å². The molecule has 160 valence electrons. The molecule has 0 atom stereocenters. The Balaban J connectivity index is 1.56. The van der Waals surface area contributed by atoms with E-state index in [1.807, 2.05) is 18.2 Å². The summed E-state index contributed by atoms with van der Waals surface area (Å²) in [5, 5.41) is 12.5. The first kappa shape index (κ1) is 19.8. The molecule has 3 aliphatic rings. The van der Waals surface area contributed by atoms with Crippen LogP contribution in [0.3, 0.4) is 0 Å². The number of hydrogen-bond donors (Lipinski definition) is 2. The number of rotatable bonds is 4. The van der Waals surface area contributed by atoms with Gasteiger partial charge in [0.25, 0.3) is 5.56 Å². The highest BCUT2D eigenvalue weighted by Crippen LogP contribution is 2.44. The zero-order chi connectivity index (χ0) is 22.0. The van der Waals surface area contributed by atoms with Crippen LogP contribution in [0.5, 0.6) is 0 Å². The maximum absolute atomic E-state index is 13.1. The molecule has 0 saturated heterocycles. The van der Waals surface area contributed by atoms with Crippen molar-refractivity contribution in [3.63, 3.8) is 0 Å². The lowest BCUT2D eigenvalue weighted by atomic mass is 10.1. The van der Waals surface area contributed by atoms with E-state index in [1.165, 1.54) is 0 Å². The fourth-order valence-electron chi connectivity index (χ4n) is 4.11. The molecule has 2 N–H and O–H groups in total. The molecule has 3 aromatic rings. The van der Waals surface area contributed by atoms with Crippen LogP contribution in [0.25, 0.3) is 28.0 Å². The van der Waals surface area contributed by atoms with Gasteiger partial charge in [-0.05, 0) is 36.6 Å². The van der Waals surface area contributed by atoms with Crippen molar-refractivity contribution < 1.29 is 0 Å². The van der Waals surface area contributed by atoms with Gasteiger partial charge in [-0.2, -0.15) is 10.1 Å². The number of H-pyrrole nitrogens is 2. The molecule has 0 unspecified atom stereocenters. The lowest BCUT2D eigenvalue weighted by molar-refractivity contribution is 0.825. The smallest absolute Gasteiger partial charge is 0.284 e. The first-order chi connectivity index (χ1) is 15.5. The minimum atomic E-state index is -0.317. The predicted molar refractivity (Wildman–Crippen MR) is 125 cm³/mol. The zero-order valence-corrected chi connectivity index (χ0v) is 18.8. The predicted octanol–water partition coefficient (Wildman–Crippen LogP) is 5.37. The molecule has 1 saturated carbocycles. The van der Waals surface area contributed by atoms with Crippen LogP contribution in [0.4, 0.5) is 0 Å². The van der Waals surface area contributed by atoms with Gasteiger partial charge in [-0.1, -0.05) is 46.9 Å². The van der Waals surface area contributed by atoms with Crippen molar-refractivity contribution in [2.24, 2.45) is 0 Å². The molecule has 6 rings (SSSR count). The van der Waals surface area contributed by atoms with Gasteiger partial charge in [0, 0.05) is 22.7 Å². The summed E-state index contributed by atoms with van der Waals surface area (Å²) in [7, 11) is 0. The van der Waals surface area contributed by atoms with Crippen LogP contribution in [0.2, 0.25) is 15.1 Å². The van der Waals surface area contributed by atoms with Crippen LogP contribution < -0.4 is 5.56 Å². The monoisotopic (exact) mass is 484 g/mol. The molecule has 7 nitrogen and oxygen atoms in total. The number of hydrogen-bond acceptors (Lipinski definition) is 4. The summed E-state index contributed by atoms with van der Waals surface area (Å²) >= 11 is 19.1. The van der Waals surface area contributed by atoms with E-state index >= 15 is 0 Å². The summed E-state index contributed by atoms with van der Waals surface area (Å²) in [6.07, 6.45) is 4.15. The number of benzene rings is 2. The van der Waals surface area contributed by atoms with Gasteiger partial charge in [0.1, 0.15) is 17.1 Å². The second-order valence-electron chi connectivity index (χ2n) is 7.92. The van der Waals surface area contributed by atoms with Crippen molar-refractivity contribution in [1.82, 2.24) is 29.9 Å². The fourth-order valence-corrected chi connectivity index (χ4v) is 5.09. The third kappa shape index (κ3) is 3.20. The highest BCUT2D eigenvalue weighted by Gasteiger charge is 2.34. The van der Waals surface area contributed by atoms with Crippen LogP contribution in [0, 0.1) is 0 Å². The highest BCUT2D eigenvalue weighted by molar-refractivity contribution is 6.40. The quantitative estimate of drug-likeness (QED) is 0.358. The molecule has 2 aliphatic heterocycles. The summed E-state index contributed by atoms with van der Waals surface area (Å²) < 4.78 is 1.68. The van der Waals surface area contributed by atoms with Crippen LogP contribution in [0.1, 0.15) is 35.8 Å². The SMILES string of the molecule is O=c1nc(Cc2cccc3[nH]ncc23)nc2n(-c3c(Cl)cc(Cl)cc3Cl)[nH]c(C3CC3)c1-2. The van der Waals surface area contributed by atoms with Gasteiger partial charge < -0.3 is 0 Å². The van der Waals surface area contributed by atoms with Crippen molar-refractivity contribution in [1.29, 1.82) is 0 Å². The maximum atomic E-state index is 13.1. The minimum absolute atomic E-state index is 0.269. The number of aromatic nitrogens is 6. The second kappa shape index (κ2) is 7.33. The molecule has 3 heterocycles.